The van der Waals surface area contributed by atoms with E-state index >= 15 is 0 Å². The first-order valence-corrected chi connectivity index (χ1v) is 12.1. The van der Waals surface area contributed by atoms with E-state index < -0.39 is 0 Å². The van der Waals surface area contributed by atoms with Crippen LogP contribution in [-0.4, -0.2) is 17.5 Å². The summed E-state index contributed by atoms with van der Waals surface area (Å²) in [6.45, 7) is 4.91. The molecular formula is C26H28N2O2S. The number of rotatable bonds is 4. The lowest BCUT2D eigenvalue weighted by molar-refractivity contribution is 0.0928. The van der Waals surface area contributed by atoms with Crippen molar-refractivity contribution in [2.45, 2.75) is 57.9 Å². The van der Waals surface area contributed by atoms with Crippen LogP contribution in [0.25, 0.3) is 15.8 Å². The molecule has 0 unspecified atom stereocenters. The van der Waals surface area contributed by atoms with E-state index in [0.717, 1.165) is 51.2 Å². The second-order valence-electron chi connectivity index (χ2n) is 8.71. The number of hydrogen-bond donors (Lipinski definition) is 1. The monoisotopic (exact) mass is 432 g/mol. The van der Waals surface area contributed by atoms with Crippen LogP contribution in [0.4, 0.5) is 0 Å². The smallest absolute Gasteiger partial charge is 0.262 e. The fourth-order valence-electron chi connectivity index (χ4n) is 4.76. The van der Waals surface area contributed by atoms with Gasteiger partial charge in [-0.2, -0.15) is 0 Å². The number of thiophene rings is 1. The number of allylic oxidation sites excluding steroid dienone is 2. The molecule has 5 rings (SSSR count). The summed E-state index contributed by atoms with van der Waals surface area (Å²) in [4.78, 5) is 19.0. The minimum atomic E-state index is -0.0313. The number of ether oxygens (including phenoxy) is 1. The highest BCUT2D eigenvalue weighted by Gasteiger charge is 2.28. The van der Waals surface area contributed by atoms with Gasteiger partial charge in [0, 0.05) is 23.7 Å². The molecule has 0 fully saturated rings. The zero-order chi connectivity index (χ0) is 21.4. The Hall–Kier alpha value is -2.66. The predicted octanol–water partition coefficient (Wildman–Crippen LogP) is 6.63. The van der Waals surface area contributed by atoms with Gasteiger partial charge in [0.15, 0.2) is 0 Å². The first kappa shape index (κ1) is 20.3. The molecule has 4 nitrogen and oxygen atoms in total. The third-order valence-electron chi connectivity index (χ3n) is 6.29. The maximum absolute atomic E-state index is 13.5. The maximum Gasteiger partial charge on any atom is 0.262 e. The van der Waals surface area contributed by atoms with Crippen molar-refractivity contribution in [3.05, 3.63) is 64.2 Å². The zero-order valence-corrected chi connectivity index (χ0v) is 18.9. The Bertz CT molecular complexity index is 1160. The van der Waals surface area contributed by atoms with Crippen LogP contribution in [0.1, 0.15) is 84.3 Å². The molecule has 0 saturated heterocycles. The first-order valence-electron chi connectivity index (χ1n) is 11.3. The van der Waals surface area contributed by atoms with Crippen LogP contribution >= 0.6 is 11.3 Å². The molecule has 5 heteroatoms. The van der Waals surface area contributed by atoms with Gasteiger partial charge in [-0.1, -0.05) is 38.1 Å². The van der Waals surface area contributed by atoms with Crippen LogP contribution in [0.5, 0.6) is 5.75 Å². The standard InChI is InChI=1S/C26H28N2O2S/c1-16(2)22-23-24(18(12-14-27-23)17-8-4-3-5-9-17)31-25(22)26(29)28-20-13-15-30-21-11-7-6-10-19(20)21/h6-8,10-12,14,16,20H,3-5,9,13,15H2,1-2H3,(H,28,29)/t20-/m0/s1. The van der Waals surface area contributed by atoms with Gasteiger partial charge in [0.1, 0.15) is 5.75 Å². The summed E-state index contributed by atoms with van der Waals surface area (Å²) in [5.74, 6) is 1.09. The normalized spacial score (nSPS) is 18.4. The number of nitrogens with zero attached hydrogens (tertiary/aromatic N) is 1. The Morgan fingerprint density at radius 2 is 2.10 bits per heavy atom. The minimum Gasteiger partial charge on any atom is -0.493 e. The molecule has 1 amide bonds. The second-order valence-corrected chi connectivity index (χ2v) is 9.73. The van der Waals surface area contributed by atoms with Crippen LogP contribution in [0.15, 0.2) is 42.6 Å². The van der Waals surface area contributed by atoms with Crippen molar-refractivity contribution in [1.82, 2.24) is 10.3 Å². The van der Waals surface area contributed by atoms with E-state index in [-0.39, 0.29) is 17.9 Å². The lowest BCUT2D eigenvalue weighted by Gasteiger charge is -2.26. The Morgan fingerprint density at radius 1 is 1.23 bits per heavy atom. The summed E-state index contributed by atoms with van der Waals surface area (Å²) in [7, 11) is 0. The van der Waals surface area contributed by atoms with Crippen LogP contribution in [-0.2, 0) is 0 Å². The largest absolute Gasteiger partial charge is 0.493 e. The molecule has 160 valence electrons. The number of pyridine rings is 1. The van der Waals surface area contributed by atoms with Gasteiger partial charge in [0.2, 0.25) is 0 Å². The Kier molecular flexibility index (Phi) is 5.53. The minimum absolute atomic E-state index is 0.00280. The highest BCUT2D eigenvalue weighted by atomic mass is 32.1. The molecule has 1 aliphatic carbocycles. The van der Waals surface area contributed by atoms with Gasteiger partial charge < -0.3 is 10.1 Å². The van der Waals surface area contributed by atoms with E-state index in [9.17, 15) is 4.79 Å². The topological polar surface area (TPSA) is 51.2 Å². The average molecular weight is 433 g/mol. The van der Waals surface area contributed by atoms with E-state index in [2.05, 4.69) is 31.3 Å². The molecule has 3 aromatic rings. The third-order valence-corrected chi connectivity index (χ3v) is 7.52. The molecule has 0 saturated carbocycles. The van der Waals surface area contributed by atoms with Gasteiger partial charge in [-0.05, 0) is 54.9 Å². The molecule has 1 N–H and O–H groups in total. The summed E-state index contributed by atoms with van der Waals surface area (Å²) < 4.78 is 6.92. The van der Waals surface area contributed by atoms with Crippen LogP contribution in [0.3, 0.4) is 0 Å². The van der Waals surface area contributed by atoms with Crippen molar-refractivity contribution < 1.29 is 9.53 Å². The highest BCUT2D eigenvalue weighted by molar-refractivity contribution is 7.21. The lowest BCUT2D eigenvalue weighted by atomic mass is 9.93. The SMILES string of the molecule is CC(C)c1c(C(=O)N[C@H]2CCOc3ccccc32)sc2c(C3=CCCCC3)ccnc12. The maximum atomic E-state index is 13.5. The summed E-state index contributed by atoms with van der Waals surface area (Å²) in [6.07, 6.45) is 9.79. The average Bonchev–Trinajstić information content (AvgIpc) is 3.20. The third kappa shape index (κ3) is 3.76. The van der Waals surface area contributed by atoms with E-state index in [0.29, 0.717) is 6.61 Å². The van der Waals surface area contributed by atoms with Crippen molar-refractivity contribution in [3.8, 4) is 5.75 Å². The molecular weight excluding hydrogens is 404 g/mol. The van der Waals surface area contributed by atoms with Gasteiger partial charge in [-0.3, -0.25) is 9.78 Å². The molecule has 1 atom stereocenters. The van der Waals surface area contributed by atoms with Crippen molar-refractivity contribution in [1.29, 1.82) is 0 Å². The van der Waals surface area contributed by atoms with Gasteiger partial charge in [0.05, 0.1) is 27.7 Å². The quantitative estimate of drug-likeness (QED) is 0.503. The zero-order valence-electron chi connectivity index (χ0n) is 18.1. The fourth-order valence-corrected chi connectivity index (χ4v) is 6.13. The van der Waals surface area contributed by atoms with Crippen molar-refractivity contribution in [2.75, 3.05) is 6.61 Å². The summed E-state index contributed by atoms with van der Waals surface area (Å²) >= 11 is 1.60. The number of fused-ring (bicyclic) bond motifs is 2. The molecule has 2 aliphatic rings. The number of aromatic nitrogens is 1. The van der Waals surface area contributed by atoms with Crippen molar-refractivity contribution in [2.24, 2.45) is 0 Å². The van der Waals surface area contributed by atoms with Gasteiger partial charge in [-0.15, -0.1) is 11.3 Å². The molecule has 1 aromatic carbocycles. The van der Waals surface area contributed by atoms with Gasteiger partial charge in [-0.25, -0.2) is 0 Å². The molecule has 3 heterocycles. The predicted molar refractivity (Wildman–Crippen MR) is 127 cm³/mol. The number of para-hydroxylation sites is 1. The van der Waals surface area contributed by atoms with E-state index in [1.165, 1.54) is 24.0 Å². The summed E-state index contributed by atoms with van der Waals surface area (Å²) in [5.41, 5.74) is 5.77. The van der Waals surface area contributed by atoms with Crippen LogP contribution in [0, 0.1) is 0 Å². The van der Waals surface area contributed by atoms with Crippen molar-refractivity contribution in [3.63, 3.8) is 0 Å². The Morgan fingerprint density at radius 3 is 2.90 bits per heavy atom. The number of amides is 1. The second kappa shape index (κ2) is 8.46. The van der Waals surface area contributed by atoms with E-state index in [1.807, 2.05) is 30.5 Å². The van der Waals surface area contributed by atoms with Gasteiger partial charge in [0.25, 0.3) is 5.91 Å². The summed E-state index contributed by atoms with van der Waals surface area (Å²) in [6, 6.07) is 10.1. The number of nitrogens with one attached hydrogen (secondary N) is 1. The Labute approximate surface area is 187 Å². The number of hydrogen-bond acceptors (Lipinski definition) is 4. The molecule has 1 aliphatic heterocycles. The first-order chi connectivity index (χ1) is 15.1. The van der Waals surface area contributed by atoms with Crippen LogP contribution in [0.2, 0.25) is 0 Å². The van der Waals surface area contributed by atoms with E-state index in [4.69, 9.17) is 9.72 Å². The van der Waals surface area contributed by atoms with Crippen LogP contribution < -0.4 is 10.1 Å². The fraction of sp³-hybridized carbons (Fsp3) is 0.385. The molecule has 31 heavy (non-hydrogen) atoms. The number of carbonyl (C=O) groups is 1. The Balaban J connectivity index is 1.54. The summed E-state index contributed by atoms with van der Waals surface area (Å²) in [5, 5.41) is 3.30. The molecule has 0 bridgehead atoms. The number of benzene rings is 1. The molecule has 0 radical (unpaired) electrons. The number of carbonyl (C=O) groups excluding carboxylic acids is 1. The molecule has 2 aromatic heterocycles. The lowest BCUT2D eigenvalue weighted by Crippen LogP contribution is -2.32. The van der Waals surface area contributed by atoms with Gasteiger partial charge >= 0.3 is 0 Å². The highest BCUT2D eigenvalue weighted by Crippen LogP contribution is 2.41. The van der Waals surface area contributed by atoms with E-state index in [1.54, 1.807) is 11.3 Å². The molecule has 0 spiro atoms. The van der Waals surface area contributed by atoms with Crippen molar-refractivity contribution >= 4 is 33.0 Å².